The highest BCUT2D eigenvalue weighted by Crippen LogP contribution is 2.31. The number of benzene rings is 2. The largest absolute Gasteiger partial charge is 0.426 e. The number of nitrogens with two attached hydrogens (primary N) is 1. The molecule has 3 rings (SSSR count). The molecule has 1 aromatic heterocycles. The summed E-state index contributed by atoms with van der Waals surface area (Å²) in [6.45, 7) is 2.41. The Balaban J connectivity index is 1.82. The third-order valence-corrected chi connectivity index (χ3v) is 4.46. The lowest BCUT2D eigenvalue weighted by molar-refractivity contribution is -0.134. The van der Waals surface area contributed by atoms with Crippen LogP contribution in [0, 0.1) is 0 Å². The van der Waals surface area contributed by atoms with E-state index in [-0.39, 0.29) is 5.97 Å². The highest BCUT2D eigenvalue weighted by atomic mass is 32.1. The number of fused-ring (bicyclic) bond motifs is 1. The zero-order chi connectivity index (χ0) is 16.9. The van der Waals surface area contributed by atoms with Crippen LogP contribution in [0.25, 0.3) is 10.2 Å². The van der Waals surface area contributed by atoms with Crippen molar-refractivity contribution in [3.05, 3.63) is 48.0 Å². The second-order valence-corrected chi connectivity index (χ2v) is 6.39. The molecule has 0 aliphatic carbocycles. The minimum Gasteiger partial charge on any atom is -0.426 e. The number of hydrogen-bond acceptors (Lipinski definition) is 6. The van der Waals surface area contributed by atoms with E-state index < -0.39 is 0 Å². The van der Waals surface area contributed by atoms with Gasteiger partial charge in [-0.2, -0.15) is 0 Å². The van der Waals surface area contributed by atoms with Crippen LogP contribution in [0.2, 0.25) is 0 Å². The van der Waals surface area contributed by atoms with Gasteiger partial charge in [-0.25, -0.2) is 4.98 Å². The van der Waals surface area contributed by atoms with Crippen LogP contribution >= 0.6 is 11.3 Å². The summed E-state index contributed by atoms with van der Waals surface area (Å²) >= 11 is 1.51. The summed E-state index contributed by atoms with van der Waals surface area (Å²) in [6, 6.07) is 13.4. The molecule has 0 unspecified atom stereocenters. The van der Waals surface area contributed by atoms with Crippen molar-refractivity contribution in [3.63, 3.8) is 0 Å². The van der Waals surface area contributed by atoms with Crippen molar-refractivity contribution in [1.29, 1.82) is 0 Å². The van der Waals surface area contributed by atoms with Gasteiger partial charge in [0.1, 0.15) is 5.75 Å². The van der Waals surface area contributed by atoms with Crippen LogP contribution in [0.1, 0.15) is 25.3 Å². The predicted octanol–water partition coefficient (Wildman–Crippen LogP) is 4.20. The molecular formula is C18H19N3O2S. The SMILES string of the molecule is CCCC(=O)Oc1ccc2nc(Nc3ccccc3CN)sc2c1. The first-order valence-electron chi connectivity index (χ1n) is 7.86. The molecule has 0 radical (unpaired) electrons. The molecule has 0 bridgehead atoms. The quantitative estimate of drug-likeness (QED) is 0.519. The van der Waals surface area contributed by atoms with Crippen LogP contribution in [0.4, 0.5) is 10.8 Å². The van der Waals surface area contributed by atoms with Crippen molar-refractivity contribution in [3.8, 4) is 5.75 Å². The lowest BCUT2D eigenvalue weighted by Gasteiger charge is -2.07. The normalized spacial score (nSPS) is 10.8. The van der Waals surface area contributed by atoms with Gasteiger partial charge in [0.15, 0.2) is 5.13 Å². The van der Waals surface area contributed by atoms with Crippen molar-refractivity contribution in [2.24, 2.45) is 5.73 Å². The second kappa shape index (κ2) is 7.42. The zero-order valence-electron chi connectivity index (χ0n) is 13.4. The Bertz CT molecular complexity index is 860. The van der Waals surface area contributed by atoms with Crippen LogP contribution in [0.3, 0.4) is 0 Å². The summed E-state index contributed by atoms with van der Waals surface area (Å²) in [5.41, 5.74) is 8.61. The summed E-state index contributed by atoms with van der Waals surface area (Å²) < 4.78 is 6.29. The molecule has 0 aliphatic rings. The molecule has 0 amide bonds. The molecule has 0 saturated heterocycles. The molecule has 0 aliphatic heterocycles. The first-order chi connectivity index (χ1) is 11.7. The molecule has 6 heteroatoms. The van der Waals surface area contributed by atoms with Crippen LogP contribution in [-0.4, -0.2) is 11.0 Å². The number of thiazole rings is 1. The number of aromatic nitrogens is 1. The summed E-state index contributed by atoms with van der Waals surface area (Å²) in [6.07, 6.45) is 1.19. The molecule has 0 saturated carbocycles. The topological polar surface area (TPSA) is 77.2 Å². The summed E-state index contributed by atoms with van der Waals surface area (Å²) in [7, 11) is 0. The van der Waals surface area contributed by atoms with E-state index >= 15 is 0 Å². The smallest absolute Gasteiger partial charge is 0.311 e. The number of anilines is 2. The van der Waals surface area contributed by atoms with Crippen molar-refractivity contribution < 1.29 is 9.53 Å². The van der Waals surface area contributed by atoms with Gasteiger partial charge >= 0.3 is 5.97 Å². The summed E-state index contributed by atoms with van der Waals surface area (Å²) in [5.74, 6) is 0.343. The Hall–Kier alpha value is -2.44. The van der Waals surface area contributed by atoms with Gasteiger partial charge in [0, 0.05) is 24.7 Å². The highest BCUT2D eigenvalue weighted by molar-refractivity contribution is 7.22. The lowest BCUT2D eigenvalue weighted by atomic mass is 10.2. The minimum atomic E-state index is -0.211. The van der Waals surface area contributed by atoms with Gasteiger partial charge in [-0.05, 0) is 30.2 Å². The van der Waals surface area contributed by atoms with Gasteiger partial charge in [-0.15, -0.1) is 0 Å². The standard InChI is InChI=1S/C18H19N3O2S/c1-2-5-17(22)23-13-8-9-15-16(10-13)24-18(21-15)20-14-7-4-3-6-12(14)11-19/h3-4,6-10H,2,5,11,19H2,1H3,(H,20,21). The van der Waals surface area contributed by atoms with E-state index in [1.165, 1.54) is 11.3 Å². The fraction of sp³-hybridized carbons (Fsp3) is 0.222. The Labute approximate surface area is 144 Å². The molecule has 3 aromatic rings. The van der Waals surface area contributed by atoms with Crippen LogP contribution < -0.4 is 15.8 Å². The maximum absolute atomic E-state index is 11.6. The summed E-state index contributed by atoms with van der Waals surface area (Å²) in [5, 5.41) is 4.09. The van der Waals surface area contributed by atoms with Crippen molar-refractivity contribution >= 4 is 38.3 Å². The van der Waals surface area contributed by atoms with E-state index in [0.717, 1.165) is 33.0 Å². The van der Waals surface area contributed by atoms with E-state index in [2.05, 4.69) is 10.3 Å². The average molecular weight is 341 g/mol. The molecule has 1 heterocycles. The number of rotatable bonds is 6. The monoisotopic (exact) mass is 341 g/mol. The van der Waals surface area contributed by atoms with Crippen molar-refractivity contribution in [2.45, 2.75) is 26.3 Å². The van der Waals surface area contributed by atoms with E-state index in [1.807, 2.05) is 43.3 Å². The molecule has 3 N–H and O–H groups in total. The average Bonchev–Trinajstić information content (AvgIpc) is 2.97. The van der Waals surface area contributed by atoms with Crippen LogP contribution in [-0.2, 0) is 11.3 Å². The molecule has 5 nitrogen and oxygen atoms in total. The van der Waals surface area contributed by atoms with E-state index in [1.54, 1.807) is 6.07 Å². The molecule has 24 heavy (non-hydrogen) atoms. The third kappa shape index (κ3) is 3.72. The first-order valence-corrected chi connectivity index (χ1v) is 8.67. The number of nitrogens with zero attached hydrogens (tertiary/aromatic N) is 1. The van der Waals surface area contributed by atoms with Crippen molar-refractivity contribution in [2.75, 3.05) is 5.32 Å². The number of nitrogens with one attached hydrogen (secondary N) is 1. The van der Waals surface area contributed by atoms with Gasteiger partial charge < -0.3 is 15.8 Å². The third-order valence-electron chi connectivity index (χ3n) is 3.52. The predicted molar refractivity (Wildman–Crippen MR) is 97.8 cm³/mol. The molecule has 0 atom stereocenters. The van der Waals surface area contributed by atoms with Gasteiger partial charge in [0.05, 0.1) is 10.2 Å². The van der Waals surface area contributed by atoms with Gasteiger partial charge in [-0.1, -0.05) is 36.5 Å². The number of ether oxygens (including phenoxy) is 1. The Kier molecular flexibility index (Phi) is 5.08. The number of carbonyl (C=O) groups excluding carboxylic acids is 1. The molecule has 2 aromatic carbocycles. The van der Waals surface area contributed by atoms with Crippen molar-refractivity contribution in [1.82, 2.24) is 4.98 Å². The van der Waals surface area contributed by atoms with Crippen LogP contribution in [0.5, 0.6) is 5.75 Å². The zero-order valence-corrected chi connectivity index (χ0v) is 14.2. The fourth-order valence-electron chi connectivity index (χ4n) is 2.34. The molecule has 124 valence electrons. The fourth-order valence-corrected chi connectivity index (χ4v) is 3.25. The number of para-hydroxylation sites is 1. The lowest BCUT2D eigenvalue weighted by Crippen LogP contribution is -2.06. The Morgan fingerprint density at radius 2 is 2.12 bits per heavy atom. The Morgan fingerprint density at radius 3 is 2.92 bits per heavy atom. The van der Waals surface area contributed by atoms with E-state index in [9.17, 15) is 4.79 Å². The van der Waals surface area contributed by atoms with Crippen LogP contribution in [0.15, 0.2) is 42.5 Å². The molecule has 0 fully saturated rings. The second-order valence-electron chi connectivity index (χ2n) is 5.36. The number of hydrogen-bond donors (Lipinski definition) is 2. The maximum Gasteiger partial charge on any atom is 0.311 e. The minimum absolute atomic E-state index is 0.211. The first kappa shape index (κ1) is 16.4. The van der Waals surface area contributed by atoms with Gasteiger partial charge in [-0.3, -0.25) is 4.79 Å². The van der Waals surface area contributed by atoms with E-state index in [0.29, 0.717) is 18.7 Å². The highest BCUT2D eigenvalue weighted by Gasteiger charge is 2.09. The van der Waals surface area contributed by atoms with Gasteiger partial charge in [0.2, 0.25) is 0 Å². The molecule has 0 spiro atoms. The van der Waals surface area contributed by atoms with E-state index in [4.69, 9.17) is 10.5 Å². The molecular weight excluding hydrogens is 322 g/mol. The van der Waals surface area contributed by atoms with Gasteiger partial charge in [0.25, 0.3) is 0 Å². The maximum atomic E-state index is 11.6. The number of carbonyl (C=O) groups is 1. The number of esters is 1. The summed E-state index contributed by atoms with van der Waals surface area (Å²) in [4.78, 5) is 16.2. The Morgan fingerprint density at radius 1 is 1.29 bits per heavy atom.